The molecule has 0 saturated carbocycles. The van der Waals surface area contributed by atoms with Gasteiger partial charge in [0.25, 0.3) is 0 Å². The zero-order valence-corrected chi connectivity index (χ0v) is 12.8. The Balaban J connectivity index is 1.87. The van der Waals surface area contributed by atoms with Crippen LogP contribution in [0.3, 0.4) is 0 Å². The normalized spacial score (nSPS) is 10.5. The summed E-state index contributed by atoms with van der Waals surface area (Å²) in [5, 5.41) is 5.49. The van der Waals surface area contributed by atoms with E-state index in [-0.39, 0.29) is 16.8 Å². The van der Waals surface area contributed by atoms with E-state index in [1.807, 2.05) is 31.2 Å². The number of carbonyl (C=O) groups excluding carboxylic acids is 1. The van der Waals surface area contributed by atoms with Gasteiger partial charge in [-0.3, -0.25) is 10.1 Å². The highest BCUT2D eigenvalue weighted by atomic mass is 32.1. The Hall–Kier alpha value is -2.53. The van der Waals surface area contributed by atoms with Crippen molar-refractivity contribution in [3.05, 3.63) is 71.6 Å². The van der Waals surface area contributed by atoms with Crippen LogP contribution in [0.15, 0.2) is 54.6 Å². The predicted molar refractivity (Wildman–Crippen MR) is 91.0 cm³/mol. The van der Waals surface area contributed by atoms with Crippen molar-refractivity contribution in [1.82, 2.24) is 5.32 Å². The van der Waals surface area contributed by atoms with Gasteiger partial charge in [-0.05, 0) is 55.0 Å². The molecule has 0 aliphatic heterocycles. The molecule has 0 radical (unpaired) electrons. The molecule has 2 aromatic rings. The van der Waals surface area contributed by atoms with E-state index in [0.717, 1.165) is 11.1 Å². The maximum absolute atomic E-state index is 12.8. The SMILES string of the molecule is Cc1ccc(/C=C/C(=O)NC(=S)Nc2ccc(F)cc2)cc1. The molecule has 0 atom stereocenters. The molecular weight excluding hydrogens is 299 g/mol. The van der Waals surface area contributed by atoms with Crippen LogP contribution in [-0.2, 0) is 4.79 Å². The summed E-state index contributed by atoms with van der Waals surface area (Å²) in [6, 6.07) is 13.5. The molecule has 0 unspecified atom stereocenters. The van der Waals surface area contributed by atoms with Crippen molar-refractivity contribution in [2.45, 2.75) is 6.92 Å². The summed E-state index contributed by atoms with van der Waals surface area (Å²) in [6.07, 6.45) is 3.11. The van der Waals surface area contributed by atoms with Crippen molar-refractivity contribution in [2.75, 3.05) is 5.32 Å². The van der Waals surface area contributed by atoms with Gasteiger partial charge < -0.3 is 5.32 Å². The van der Waals surface area contributed by atoms with Crippen molar-refractivity contribution in [3.63, 3.8) is 0 Å². The molecule has 5 heteroatoms. The minimum absolute atomic E-state index is 0.158. The molecule has 0 aromatic heterocycles. The molecule has 0 bridgehead atoms. The summed E-state index contributed by atoms with van der Waals surface area (Å²) >= 11 is 5.02. The van der Waals surface area contributed by atoms with Crippen LogP contribution in [0.1, 0.15) is 11.1 Å². The van der Waals surface area contributed by atoms with E-state index in [1.54, 1.807) is 6.08 Å². The van der Waals surface area contributed by atoms with Gasteiger partial charge in [-0.1, -0.05) is 29.8 Å². The number of anilines is 1. The number of thiocarbonyl (C=S) groups is 1. The number of amides is 1. The molecular formula is C17H15FN2OS. The Morgan fingerprint density at radius 2 is 1.73 bits per heavy atom. The molecule has 0 fully saturated rings. The number of rotatable bonds is 3. The first-order valence-corrected chi connectivity index (χ1v) is 7.06. The number of hydrogen-bond donors (Lipinski definition) is 2. The van der Waals surface area contributed by atoms with Crippen LogP contribution in [0.25, 0.3) is 6.08 Å². The monoisotopic (exact) mass is 314 g/mol. The molecule has 0 heterocycles. The van der Waals surface area contributed by atoms with Gasteiger partial charge in [-0.15, -0.1) is 0 Å². The van der Waals surface area contributed by atoms with Crippen LogP contribution in [0.4, 0.5) is 10.1 Å². The van der Waals surface area contributed by atoms with E-state index in [2.05, 4.69) is 10.6 Å². The van der Waals surface area contributed by atoms with Crippen LogP contribution in [0.5, 0.6) is 0 Å². The zero-order valence-electron chi connectivity index (χ0n) is 12.0. The van der Waals surface area contributed by atoms with Crippen molar-refractivity contribution in [1.29, 1.82) is 0 Å². The third-order valence-electron chi connectivity index (χ3n) is 2.84. The van der Waals surface area contributed by atoms with Gasteiger partial charge >= 0.3 is 0 Å². The molecule has 0 spiro atoms. The zero-order chi connectivity index (χ0) is 15.9. The third kappa shape index (κ3) is 5.10. The molecule has 22 heavy (non-hydrogen) atoms. The van der Waals surface area contributed by atoms with Gasteiger partial charge in [0, 0.05) is 11.8 Å². The smallest absolute Gasteiger partial charge is 0.250 e. The van der Waals surface area contributed by atoms with Gasteiger partial charge in [0.1, 0.15) is 5.82 Å². The van der Waals surface area contributed by atoms with E-state index < -0.39 is 0 Å². The van der Waals surface area contributed by atoms with Crippen LogP contribution < -0.4 is 10.6 Å². The molecule has 112 valence electrons. The highest BCUT2D eigenvalue weighted by Gasteiger charge is 2.01. The number of benzene rings is 2. The number of carbonyl (C=O) groups is 1. The largest absolute Gasteiger partial charge is 0.332 e. The summed E-state index contributed by atoms with van der Waals surface area (Å²) in [5.74, 6) is -0.665. The summed E-state index contributed by atoms with van der Waals surface area (Å²) in [5.41, 5.74) is 2.69. The molecule has 3 nitrogen and oxygen atoms in total. The molecule has 0 saturated heterocycles. The van der Waals surface area contributed by atoms with E-state index in [9.17, 15) is 9.18 Å². The first-order chi connectivity index (χ1) is 10.5. The molecule has 2 N–H and O–H groups in total. The average Bonchev–Trinajstić information content (AvgIpc) is 2.49. The highest BCUT2D eigenvalue weighted by Crippen LogP contribution is 2.08. The standard InChI is InChI=1S/C17H15FN2OS/c1-12-2-4-13(5-3-12)6-11-16(21)20-17(22)19-15-9-7-14(18)8-10-15/h2-11H,1H3,(H2,19,20,21,22)/b11-6+. The Labute approximate surface area is 133 Å². The second-order valence-electron chi connectivity index (χ2n) is 4.69. The Kier molecular flexibility index (Phi) is 5.38. The van der Waals surface area contributed by atoms with Crippen molar-refractivity contribution in [3.8, 4) is 0 Å². The lowest BCUT2D eigenvalue weighted by Crippen LogP contribution is -2.32. The first-order valence-electron chi connectivity index (χ1n) is 6.65. The fraction of sp³-hybridized carbons (Fsp3) is 0.0588. The van der Waals surface area contributed by atoms with Crippen LogP contribution >= 0.6 is 12.2 Å². The Morgan fingerprint density at radius 3 is 2.36 bits per heavy atom. The number of aryl methyl sites for hydroxylation is 1. The van der Waals surface area contributed by atoms with Gasteiger partial charge in [0.05, 0.1) is 0 Å². The quantitative estimate of drug-likeness (QED) is 0.671. The van der Waals surface area contributed by atoms with Gasteiger partial charge in [0.2, 0.25) is 5.91 Å². The lowest BCUT2D eigenvalue weighted by atomic mass is 10.1. The van der Waals surface area contributed by atoms with Crippen molar-refractivity contribution >= 4 is 35.0 Å². The van der Waals surface area contributed by atoms with Crippen molar-refractivity contribution < 1.29 is 9.18 Å². The third-order valence-corrected chi connectivity index (χ3v) is 3.05. The molecule has 2 rings (SSSR count). The van der Waals surface area contributed by atoms with Gasteiger partial charge in [-0.25, -0.2) is 4.39 Å². The average molecular weight is 314 g/mol. The fourth-order valence-corrected chi connectivity index (χ4v) is 1.92. The summed E-state index contributed by atoms with van der Waals surface area (Å²) in [4.78, 5) is 11.8. The van der Waals surface area contributed by atoms with E-state index >= 15 is 0 Å². The predicted octanol–water partition coefficient (Wildman–Crippen LogP) is 3.66. The van der Waals surface area contributed by atoms with Crippen LogP contribution in [-0.4, -0.2) is 11.0 Å². The number of halogens is 1. The van der Waals surface area contributed by atoms with E-state index in [4.69, 9.17) is 12.2 Å². The highest BCUT2D eigenvalue weighted by molar-refractivity contribution is 7.80. The second-order valence-corrected chi connectivity index (χ2v) is 5.10. The second kappa shape index (κ2) is 7.47. The lowest BCUT2D eigenvalue weighted by molar-refractivity contribution is -0.115. The Bertz CT molecular complexity index is 694. The summed E-state index contributed by atoms with van der Waals surface area (Å²) in [7, 11) is 0. The molecule has 1 amide bonds. The number of nitrogens with one attached hydrogen (secondary N) is 2. The van der Waals surface area contributed by atoms with Crippen molar-refractivity contribution in [2.24, 2.45) is 0 Å². The molecule has 0 aliphatic carbocycles. The summed E-state index contributed by atoms with van der Waals surface area (Å²) in [6.45, 7) is 2.00. The molecule has 0 aliphatic rings. The Morgan fingerprint density at radius 1 is 1.09 bits per heavy atom. The molecule has 2 aromatic carbocycles. The van der Waals surface area contributed by atoms with Crippen LogP contribution in [0.2, 0.25) is 0 Å². The first kappa shape index (κ1) is 15.9. The van der Waals surface area contributed by atoms with Gasteiger partial charge in [-0.2, -0.15) is 0 Å². The maximum Gasteiger partial charge on any atom is 0.250 e. The summed E-state index contributed by atoms with van der Waals surface area (Å²) < 4.78 is 12.8. The topological polar surface area (TPSA) is 41.1 Å². The van der Waals surface area contributed by atoms with Crippen LogP contribution in [0, 0.1) is 12.7 Å². The minimum Gasteiger partial charge on any atom is -0.332 e. The van der Waals surface area contributed by atoms with E-state index in [1.165, 1.54) is 30.3 Å². The lowest BCUT2D eigenvalue weighted by Gasteiger charge is -2.07. The maximum atomic E-state index is 12.8. The fourth-order valence-electron chi connectivity index (χ4n) is 1.70. The van der Waals surface area contributed by atoms with Gasteiger partial charge in [0.15, 0.2) is 5.11 Å². The minimum atomic E-state index is -0.333. The number of hydrogen-bond acceptors (Lipinski definition) is 2. The van der Waals surface area contributed by atoms with E-state index in [0.29, 0.717) is 5.69 Å².